The third-order valence-corrected chi connectivity index (χ3v) is 3.69. The summed E-state index contributed by atoms with van der Waals surface area (Å²) in [5.41, 5.74) is 11.2. The molecule has 0 saturated carbocycles. The Balaban J connectivity index is 1.87. The topological polar surface area (TPSA) is 75.7 Å². The Morgan fingerprint density at radius 3 is 2.81 bits per heavy atom. The van der Waals surface area contributed by atoms with Crippen molar-refractivity contribution in [3.63, 3.8) is 0 Å². The van der Waals surface area contributed by atoms with Crippen molar-refractivity contribution in [2.24, 2.45) is 10.7 Å². The highest BCUT2D eigenvalue weighted by atomic mass is 16.4. The van der Waals surface area contributed by atoms with E-state index in [9.17, 15) is 4.79 Å². The summed E-state index contributed by atoms with van der Waals surface area (Å²) in [6.07, 6.45) is 0.697. The zero-order valence-corrected chi connectivity index (χ0v) is 11.5. The van der Waals surface area contributed by atoms with Crippen molar-refractivity contribution < 1.29 is 9.90 Å². The lowest BCUT2D eigenvalue weighted by Gasteiger charge is -2.07. The first kappa shape index (κ1) is 13.4. The van der Waals surface area contributed by atoms with Crippen LogP contribution in [0.1, 0.15) is 23.1 Å². The number of amidine groups is 1. The Morgan fingerprint density at radius 1 is 1.19 bits per heavy atom. The lowest BCUT2D eigenvalue weighted by Crippen LogP contribution is -2.10. The molecule has 0 fully saturated rings. The normalized spacial score (nSPS) is 12.9. The number of nitrogens with two attached hydrogens (primary N) is 1. The van der Waals surface area contributed by atoms with Crippen LogP contribution < -0.4 is 5.73 Å². The molecule has 0 bridgehead atoms. The Hall–Kier alpha value is -2.62. The molecule has 0 unspecified atom stereocenters. The smallest absolute Gasteiger partial charge is 0.303 e. The molecule has 0 atom stereocenters. The molecule has 4 nitrogen and oxygen atoms in total. The van der Waals surface area contributed by atoms with Crippen molar-refractivity contribution in [3.05, 3.63) is 59.2 Å². The van der Waals surface area contributed by atoms with Crippen LogP contribution in [-0.2, 0) is 17.8 Å². The molecule has 0 radical (unpaired) electrons. The molecule has 0 amide bonds. The second-order valence-corrected chi connectivity index (χ2v) is 5.17. The highest BCUT2D eigenvalue weighted by molar-refractivity contribution is 6.01. The van der Waals surface area contributed by atoms with E-state index in [0.717, 1.165) is 27.8 Å². The minimum Gasteiger partial charge on any atom is -0.481 e. The zero-order chi connectivity index (χ0) is 14.8. The Morgan fingerprint density at radius 2 is 2.00 bits per heavy atom. The number of nitrogens with zero attached hydrogens (tertiary/aromatic N) is 1. The van der Waals surface area contributed by atoms with Crippen LogP contribution in [0.3, 0.4) is 0 Å². The Bertz CT molecular complexity index is 735. The standard InChI is InChI=1S/C17H16N2O2/c18-17-15-6-5-13(9-14(15)10-19-17)12-3-1-2-11(8-12)4-7-16(20)21/h1-3,5-6,8-9H,4,7,10H2,(H2,18,19)(H,20,21). The van der Waals surface area contributed by atoms with Crippen molar-refractivity contribution in [3.8, 4) is 11.1 Å². The van der Waals surface area contributed by atoms with Crippen LogP contribution in [0, 0.1) is 0 Å². The molecule has 1 aliphatic heterocycles. The molecular formula is C17H16N2O2. The summed E-state index contributed by atoms with van der Waals surface area (Å²) in [6.45, 7) is 0.633. The van der Waals surface area contributed by atoms with Gasteiger partial charge in [0.05, 0.1) is 6.54 Å². The molecule has 2 aromatic carbocycles. The van der Waals surface area contributed by atoms with E-state index >= 15 is 0 Å². The zero-order valence-electron chi connectivity index (χ0n) is 11.5. The van der Waals surface area contributed by atoms with Crippen LogP contribution in [0.4, 0.5) is 0 Å². The highest BCUT2D eigenvalue weighted by Gasteiger charge is 2.13. The molecule has 1 heterocycles. The summed E-state index contributed by atoms with van der Waals surface area (Å²) < 4.78 is 0. The second kappa shape index (κ2) is 5.40. The van der Waals surface area contributed by atoms with Gasteiger partial charge in [-0.15, -0.1) is 0 Å². The van der Waals surface area contributed by atoms with Crippen LogP contribution in [-0.4, -0.2) is 16.9 Å². The minimum absolute atomic E-state index is 0.151. The van der Waals surface area contributed by atoms with Crippen LogP contribution in [0.15, 0.2) is 47.5 Å². The maximum absolute atomic E-state index is 10.7. The van der Waals surface area contributed by atoms with Crippen molar-refractivity contribution in [1.29, 1.82) is 0 Å². The highest BCUT2D eigenvalue weighted by Crippen LogP contribution is 2.26. The molecule has 0 spiro atoms. The van der Waals surface area contributed by atoms with Gasteiger partial charge in [0.15, 0.2) is 0 Å². The summed E-state index contributed by atoms with van der Waals surface area (Å²) in [4.78, 5) is 14.9. The van der Waals surface area contributed by atoms with Crippen molar-refractivity contribution in [1.82, 2.24) is 0 Å². The first-order valence-corrected chi connectivity index (χ1v) is 6.88. The monoisotopic (exact) mass is 280 g/mol. The van der Waals surface area contributed by atoms with Gasteiger partial charge in [-0.2, -0.15) is 0 Å². The summed E-state index contributed by atoms with van der Waals surface area (Å²) in [6, 6.07) is 14.1. The number of aryl methyl sites for hydroxylation is 1. The maximum atomic E-state index is 10.7. The van der Waals surface area contributed by atoms with E-state index in [0.29, 0.717) is 18.8 Å². The third kappa shape index (κ3) is 2.79. The van der Waals surface area contributed by atoms with Gasteiger partial charge in [0.2, 0.25) is 0 Å². The summed E-state index contributed by atoms with van der Waals surface area (Å²) in [7, 11) is 0. The van der Waals surface area contributed by atoms with E-state index in [4.69, 9.17) is 10.8 Å². The van der Waals surface area contributed by atoms with Crippen LogP contribution >= 0.6 is 0 Å². The number of aliphatic carboxylic acids is 1. The SMILES string of the molecule is NC1=NCc2cc(-c3cccc(CCC(=O)O)c3)ccc21. The molecule has 21 heavy (non-hydrogen) atoms. The molecule has 2 aromatic rings. The summed E-state index contributed by atoms with van der Waals surface area (Å²) in [5.74, 6) is -0.169. The minimum atomic E-state index is -0.773. The number of hydrogen-bond acceptors (Lipinski definition) is 3. The van der Waals surface area contributed by atoms with Gasteiger partial charge in [-0.3, -0.25) is 9.79 Å². The van der Waals surface area contributed by atoms with Crippen molar-refractivity contribution >= 4 is 11.8 Å². The summed E-state index contributed by atoms with van der Waals surface area (Å²) in [5, 5.41) is 8.77. The largest absolute Gasteiger partial charge is 0.481 e. The number of rotatable bonds is 4. The first-order valence-electron chi connectivity index (χ1n) is 6.88. The Kier molecular flexibility index (Phi) is 3.44. The average molecular weight is 280 g/mol. The molecule has 1 aliphatic rings. The van der Waals surface area contributed by atoms with E-state index in [1.54, 1.807) is 0 Å². The number of aliphatic imine (C=N–C) groups is 1. The van der Waals surface area contributed by atoms with E-state index in [1.807, 2.05) is 36.4 Å². The van der Waals surface area contributed by atoms with E-state index in [2.05, 4.69) is 11.1 Å². The van der Waals surface area contributed by atoms with E-state index in [1.165, 1.54) is 0 Å². The summed E-state index contributed by atoms with van der Waals surface area (Å²) >= 11 is 0. The Labute approximate surface area is 122 Å². The van der Waals surface area contributed by atoms with Gasteiger partial charge in [0.25, 0.3) is 0 Å². The maximum Gasteiger partial charge on any atom is 0.303 e. The number of benzene rings is 2. The van der Waals surface area contributed by atoms with Crippen molar-refractivity contribution in [2.75, 3.05) is 0 Å². The molecule has 3 rings (SSSR count). The van der Waals surface area contributed by atoms with Gasteiger partial charge in [0, 0.05) is 12.0 Å². The number of hydrogen-bond donors (Lipinski definition) is 2. The number of carboxylic acids is 1. The van der Waals surface area contributed by atoms with Crippen LogP contribution in [0.2, 0.25) is 0 Å². The van der Waals surface area contributed by atoms with E-state index < -0.39 is 5.97 Å². The average Bonchev–Trinajstić information content (AvgIpc) is 2.86. The lowest BCUT2D eigenvalue weighted by molar-refractivity contribution is -0.136. The molecule has 0 aliphatic carbocycles. The van der Waals surface area contributed by atoms with Crippen molar-refractivity contribution in [2.45, 2.75) is 19.4 Å². The number of fused-ring (bicyclic) bond motifs is 1. The lowest BCUT2D eigenvalue weighted by atomic mass is 9.97. The van der Waals surface area contributed by atoms with E-state index in [-0.39, 0.29) is 6.42 Å². The molecule has 106 valence electrons. The molecule has 3 N–H and O–H groups in total. The molecule has 0 saturated heterocycles. The molecule has 0 aromatic heterocycles. The molecular weight excluding hydrogens is 264 g/mol. The predicted molar refractivity (Wildman–Crippen MR) is 82.3 cm³/mol. The fourth-order valence-corrected chi connectivity index (χ4v) is 2.57. The van der Waals surface area contributed by atoms with Gasteiger partial charge < -0.3 is 10.8 Å². The number of carboxylic acid groups (broad SMARTS) is 1. The first-order chi connectivity index (χ1) is 10.1. The number of carbonyl (C=O) groups is 1. The predicted octanol–water partition coefficient (Wildman–Crippen LogP) is 2.59. The van der Waals surface area contributed by atoms with Gasteiger partial charge in [0.1, 0.15) is 5.84 Å². The van der Waals surface area contributed by atoms with Gasteiger partial charge in [-0.1, -0.05) is 36.4 Å². The fraction of sp³-hybridized carbons (Fsp3) is 0.176. The fourth-order valence-electron chi connectivity index (χ4n) is 2.57. The van der Waals surface area contributed by atoms with Crippen LogP contribution in [0.25, 0.3) is 11.1 Å². The second-order valence-electron chi connectivity index (χ2n) is 5.17. The quantitative estimate of drug-likeness (QED) is 0.903. The molecule has 4 heteroatoms. The van der Waals surface area contributed by atoms with Gasteiger partial charge >= 0.3 is 5.97 Å². The van der Waals surface area contributed by atoms with Gasteiger partial charge in [-0.05, 0) is 34.7 Å². The van der Waals surface area contributed by atoms with Gasteiger partial charge in [-0.25, -0.2) is 0 Å². The third-order valence-electron chi connectivity index (χ3n) is 3.69. The van der Waals surface area contributed by atoms with Crippen LogP contribution in [0.5, 0.6) is 0 Å².